The van der Waals surface area contributed by atoms with E-state index >= 15 is 0 Å². The van der Waals surface area contributed by atoms with Gasteiger partial charge in [0.1, 0.15) is 0 Å². The van der Waals surface area contributed by atoms with Gasteiger partial charge in [0.25, 0.3) is 0 Å². The molecule has 0 spiro atoms. The van der Waals surface area contributed by atoms with E-state index < -0.39 is 0 Å². The number of hydrogen-bond donors (Lipinski definition) is 0. The second-order valence-corrected chi connectivity index (χ2v) is 1.86. The van der Waals surface area contributed by atoms with Gasteiger partial charge >= 0.3 is 33.9 Å². The fourth-order valence-corrected chi connectivity index (χ4v) is 0.697. The second kappa shape index (κ2) is 29.2. The van der Waals surface area contributed by atoms with Crippen molar-refractivity contribution in [3.05, 3.63) is 56.4 Å². The first-order valence-corrected chi connectivity index (χ1v) is 3.59. The molecular formula is C11H10CrO4. The molecule has 0 unspecified atom stereocenters. The predicted octanol–water partition coefficient (Wildman–Crippen LogP) is 1.57. The monoisotopic (exact) mass is 258 g/mol. The molecule has 0 N–H and O–H groups in total. The van der Waals surface area contributed by atoms with Crippen LogP contribution in [0.2, 0.25) is 0 Å². The van der Waals surface area contributed by atoms with Gasteiger partial charge in [0.2, 0.25) is 0 Å². The maximum atomic E-state index is 7.50. The van der Waals surface area contributed by atoms with Gasteiger partial charge in [-0.2, -0.15) is 0 Å². The summed E-state index contributed by atoms with van der Waals surface area (Å²) in [5.74, 6) is 0. The first kappa shape index (κ1) is 24.3. The maximum absolute atomic E-state index is 7.50. The van der Waals surface area contributed by atoms with E-state index in [1.54, 1.807) is 7.11 Å². The van der Waals surface area contributed by atoms with Crippen molar-refractivity contribution in [1.29, 1.82) is 0 Å². The molecule has 0 aromatic rings. The molecule has 0 aromatic heterocycles. The van der Waals surface area contributed by atoms with Crippen LogP contribution in [0.4, 0.5) is 0 Å². The summed E-state index contributed by atoms with van der Waals surface area (Å²) in [6.07, 6.45) is 12.1. The third kappa shape index (κ3) is 18.7. The largest absolute Gasteiger partial charge is 0 e. The van der Waals surface area contributed by atoms with E-state index in [0.29, 0.717) is 0 Å². The van der Waals surface area contributed by atoms with Crippen LogP contribution in [-0.2, 0) is 36.1 Å². The van der Waals surface area contributed by atoms with Crippen LogP contribution in [-0.4, -0.2) is 13.2 Å². The Morgan fingerprint density at radius 3 is 1.38 bits per heavy atom. The Hall–Kier alpha value is -1.07. The molecule has 0 heterocycles. The van der Waals surface area contributed by atoms with Crippen molar-refractivity contribution in [1.82, 2.24) is 0 Å². The molecular weight excluding hydrogens is 248 g/mol. The average molecular weight is 258 g/mol. The molecule has 0 amide bonds. The molecule has 4 nitrogen and oxygen atoms in total. The van der Waals surface area contributed by atoms with Crippen LogP contribution in [0.3, 0.4) is 0 Å². The fraction of sp³-hybridized carbons (Fsp3) is 0.182. The molecule has 1 aliphatic carbocycles. The van der Waals surface area contributed by atoms with E-state index in [1.165, 1.54) is 0 Å². The number of ether oxygens (including phenoxy) is 1. The number of allylic oxidation sites excluding steroid dienone is 4. The van der Waals surface area contributed by atoms with Gasteiger partial charge in [-0.3, -0.25) is 0 Å². The Morgan fingerprint density at radius 1 is 0.812 bits per heavy atom. The summed E-state index contributed by atoms with van der Waals surface area (Å²) >= 11 is 0. The standard InChI is InChI=1S/C8H10O.3CO.Cr/c1-9-8-6-4-2-3-5-7-8;3*1-2;/h2-8H,1H3;;;;. The topological polar surface area (TPSA) is 68.9 Å². The molecule has 5 heteroatoms. The molecule has 1 rings (SSSR count). The fourth-order valence-electron chi connectivity index (χ4n) is 0.697. The smallest absolute Gasteiger partial charge is 0 e. The van der Waals surface area contributed by atoms with Gasteiger partial charge in [-0.15, -0.1) is 0 Å². The third-order valence-corrected chi connectivity index (χ3v) is 1.21. The van der Waals surface area contributed by atoms with Crippen molar-refractivity contribution in [3.8, 4) is 0 Å². The van der Waals surface area contributed by atoms with Crippen molar-refractivity contribution in [2.45, 2.75) is 6.10 Å². The zero-order chi connectivity index (χ0) is 12.5. The molecule has 0 fully saturated rings. The van der Waals surface area contributed by atoms with Crippen LogP contribution in [0.15, 0.2) is 36.5 Å². The molecule has 0 aliphatic heterocycles. The molecule has 1 aliphatic rings. The van der Waals surface area contributed by atoms with Crippen molar-refractivity contribution in [2.75, 3.05) is 7.11 Å². The quantitative estimate of drug-likeness (QED) is 0.520. The van der Waals surface area contributed by atoms with E-state index in [0.717, 1.165) is 0 Å². The van der Waals surface area contributed by atoms with Gasteiger partial charge in [-0.1, -0.05) is 36.5 Å². The summed E-state index contributed by atoms with van der Waals surface area (Å²) in [6, 6.07) is 0. The van der Waals surface area contributed by atoms with Gasteiger partial charge in [0.05, 0.1) is 6.10 Å². The summed E-state index contributed by atoms with van der Waals surface area (Å²) in [7, 11) is 1.70. The number of rotatable bonds is 1. The molecule has 16 heavy (non-hydrogen) atoms. The minimum atomic E-state index is 0. The maximum Gasteiger partial charge on any atom is 0 e. The van der Waals surface area contributed by atoms with Crippen molar-refractivity contribution in [2.24, 2.45) is 0 Å². The van der Waals surface area contributed by atoms with E-state index in [-0.39, 0.29) is 23.5 Å². The van der Waals surface area contributed by atoms with Crippen LogP contribution in [0.25, 0.3) is 0 Å². The summed E-state index contributed by atoms with van der Waals surface area (Å²) < 4.78 is 27.6. The summed E-state index contributed by atoms with van der Waals surface area (Å²) in [5, 5.41) is 0. The second-order valence-electron chi connectivity index (χ2n) is 1.86. The first-order chi connectivity index (χ1) is 7.43. The van der Waals surface area contributed by atoms with Gasteiger partial charge in [-0.25, -0.2) is 0 Å². The molecule has 0 atom stereocenters. The Kier molecular flexibility index (Phi) is 44.3. The summed E-state index contributed by atoms with van der Waals surface area (Å²) in [6.45, 7) is 13.5. The molecule has 0 radical (unpaired) electrons. The Bertz CT molecular complexity index is 231. The predicted molar refractivity (Wildman–Crippen MR) is 50.0 cm³/mol. The van der Waals surface area contributed by atoms with Crippen LogP contribution in [0.5, 0.6) is 0 Å². The minimum absolute atomic E-state index is 0. The minimum Gasteiger partial charge on any atom is 0 e. The van der Waals surface area contributed by atoms with Crippen LogP contribution in [0.1, 0.15) is 0 Å². The molecule has 0 saturated carbocycles. The molecule has 0 aromatic carbocycles. The molecule has 0 saturated heterocycles. The van der Waals surface area contributed by atoms with Crippen LogP contribution >= 0.6 is 0 Å². The van der Waals surface area contributed by atoms with E-state index in [2.05, 4.69) is 20.0 Å². The van der Waals surface area contributed by atoms with Gasteiger partial charge in [-0.05, 0) is 0 Å². The normalized spacial score (nSPS) is 10.7. The Labute approximate surface area is 106 Å². The average Bonchev–Trinajstić information content (AvgIpc) is 2.65. The van der Waals surface area contributed by atoms with Crippen molar-refractivity contribution < 1.29 is 36.1 Å². The summed E-state index contributed by atoms with van der Waals surface area (Å²) in [4.78, 5) is 0. The number of hydrogen-bond acceptors (Lipinski definition) is 1. The number of methoxy groups -OCH3 is 1. The van der Waals surface area contributed by atoms with Gasteiger partial charge in [0.15, 0.2) is 0 Å². The Balaban J connectivity index is -0.0000000900. The van der Waals surface area contributed by atoms with Crippen LogP contribution in [0, 0.1) is 20.0 Å². The third-order valence-electron chi connectivity index (χ3n) is 1.21. The molecule has 84 valence electrons. The van der Waals surface area contributed by atoms with Crippen LogP contribution < -0.4 is 0 Å². The zero-order valence-electron chi connectivity index (χ0n) is 8.58. The summed E-state index contributed by atoms with van der Waals surface area (Å²) in [5.41, 5.74) is 0. The van der Waals surface area contributed by atoms with Gasteiger partial charge in [0, 0.05) is 24.5 Å². The molecule has 0 bridgehead atoms. The first-order valence-electron chi connectivity index (χ1n) is 3.59. The van der Waals surface area contributed by atoms with E-state index in [4.69, 9.17) is 18.7 Å². The van der Waals surface area contributed by atoms with Gasteiger partial charge < -0.3 is 4.74 Å². The van der Waals surface area contributed by atoms with E-state index in [9.17, 15) is 0 Å². The van der Waals surface area contributed by atoms with Crippen molar-refractivity contribution in [3.63, 3.8) is 0 Å². The van der Waals surface area contributed by atoms with Crippen molar-refractivity contribution >= 4 is 0 Å². The SMILES string of the molecule is COC1C=CC=CC=C1.[C-]#[O+].[C-]#[O+].[C-]#[O+].[Cr]. The van der Waals surface area contributed by atoms with E-state index in [1.807, 2.05) is 36.5 Å². The Morgan fingerprint density at radius 2 is 1.12 bits per heavy atom. The zero-order valence-corrected chi connectivity index (χ0v) is 9.86.